The normalized spacial score (nSPS) is 16.6. The highest BCUT2D eigenvalue weighted by Crippen LogP contribution is 2.36. The van der Waals surface area contributed by atoms with Crippen molar-refractivity contribution in [1.82, 2.24) is 4.90 Å². The van der Waals surface area contributed by atoms with Gasteiger partial charge in [0.15, 0.2) is 0 Å². The van der Waals surface area contributed by atoms with E-state index < -0.39 is 5.60 Å². The van der Waals surface area contributed by atoms with Crippen LogP contribution in [0.5, 0.6) is 5.75 Å². The molecule has 1 fully saturated rings. The maximum atomic E-state index is 14.5. The Labute approximate surface area is 143 Å². The highest BCUT2D eigenvalue weighted by Gasteiger charge is 2.33. The smallest absolute Gasteiger partial charge is 0.253 e. The number of rotatable bonds is 4. The molecule has 1 amide bonds. The van der Waals surface area contributed by atoms with E-state index in [4.69, 9.17) is 4.74 Å². The van der Waals surface area contributed by atoms with Gasteiger partial charge < -0.3 is 14.7 Å². The molecule has 0 aromatic heterocycles. The largest absolute Gasteiger partial charge is 0.496 e. The Kier molecular flexibility index (Phi) is 5.53. The Morgan fingerprint density at radius 2 is 1.92 bits per heavy atom. The minimum atomic E-state index is -1.36. The fraction of sp³-hybridized carbons (Fsp3) is 0.632. The third-order valence-corrected chi connectivity index (χ3v) is 4.72. The number of ether oxygens (including phenoxy) is 1. The summed E-state index contributed by atoms with van der Waals surface area (Å²) in [6, 6.07) is 3.38. The van der Waals surface area contributed by atoms with E-state index in [0.29, 0.717) is 37.2 Å². The Morgan fingerprint density at radius 1 is 1.33 bits per heavy atom. The van der Waals surface area contributed by atoms with Crippen LogP contribution >= 0.6 is 0 Å². The van der Waals surface area contributed by atoms with Crippen LogP contribution in [-0.2, 0) is 4.79 Å². The van der Waals surface area contributed by atoms with Gasteiger partial charge in [-0.05, 0) is 55.7 Å². The predicted octanol–water partition coefficient (Wildman–Crippen LogP) is 3.43. The van der Waals surface area contributed by atoms with Crippen LogP contribution in [0.25, 0.3) is 0 Å². The zero-order chi connectivity index (χ0) is 18.1. The molecule has 134 valence electrons. The van der Waals surface area contributed by atoms with Crippen LogP contribution in [-0.4, -0.2) is 41.7 Å². The van der Waals surface area contributed by atoms with Crippen molar-refractivity contribution >= 4 is 5.91 Å². The van der Waals surface area contributed by atoms with Gasteiger partial charge in [-0.3, -0.25) is 4.79 Å². The average Bonchev–Trinajstić information content (AvgIpc) is 2.52. The summed E-state index contributed by atoms with van der Waals surface area (Å²) in [6.07, 6.45) is 1.39. The second-order valence-electron chi connectivity index (χ2n) is 7.40. The molecule has 1 N–H and O–H groups in total. The summed E-state index contributed by atoms with van der Waals surface area (Å²) in [5.41, 5.74) is 0.349. The molecule has 0 saturated carbocycles. The summed E-state index contributed by atoms with van der Waals surface area (Å²) >= 11 is 0. The molecule has 4 nitrogen and oxygen atoms in total. The molecular formula is C19H28FNO3. The van der Waals surface area contributed by atoms with Gasteiger partial charge in [0.25, 0.3) is 5.91 Å². The van der Waals surface area contributed by atoms with Gasteiger partial charge in [-0.1, -0.05) is 13.8 Å². The standard InChI is InChI=1S/C19H28FNO3/c1-12(2)14-10-15(16(20)11-17(14)24-5)13-6-8-21(9-7-13)18(22)19(3,4)23/h10-13,23H,6-9H2,1-5H3. The fourth-order valence-electron chi connectivity index (χ4n) is 3.31. The van der Waals surface area contributed by atoms with Crippen molar-refractivity contribution in [3.63, 3.8) is 0 Å². The van der Waals surface area contributed by atoms with E-state index in [0.717, 1.165) is 5.56 Å². The zero-order valence-electron chi connectivity index (χ0n) is 15.2. The Morgan fingerprint density at radius 3 is 2.38 bits per heavy atom. The van der Waals surface area contributed by atoms with E-state index in [1.165, 1.54) is 19.9 Å². The lowest BCUT2D eigenvalue weighted by Crippen LogP contribution is -2.48. The summed E-state index contributed by atoms with van der Waals surface area (Å²) in [4.78, 5) is 13.8. The van der Waals surface area contributed by atoms with Crippen molar-refractivity contribution < 1.29 is 19.0 Å². The summed E-state index contributed by atoms with van der Waals surface area (Å²) in [6.45, 7) is 8.19. The predicted molar refractivity (Wildman–Crippen MR) is 91.9 cm³/mol. The van der Waals surface area contributed by atoms with Gasteiger partial charge in [-0.2, -0.15) is 0 Å². The molecule has 1 aromatic rings. The number of methoxy groups -OCH3 is 1. The van der Waals surface area contributed by atoms with Gasteiger partial charge in [-0.25, -0.2) is 4.39 Å². The molecule has 0 unspecified atom stereocenters. The number of hydrogen-bond acceptors (Lipinski definition) is 3. The Bertz CT molecular complexity index is 599. The summed E-state index contributed by atoms with van der Waals surface area (Å²) < 4.78 is 19.8. The molecule has 0 spiro atoms. The van der Waals surface area contributed by atoms with Crippen LogP contribution in [0.1, 0.15) is 63.5 Å². The van der Waals surface area contributed by atoms with Gasteiger partial charge in [0.05, 0.1) is 7.11 Å². The number of aliphatic hydroxyl groups is 1. The van der Waals surface area contributed by atoms with Gasteiger partial charge in [-0.15, -0.1) is 0 Å². The first-order valence-corrected chi connectivity index (χ1v) is 8.54. The first kappa shape index (κ1) is 18.7. The number of piperidine rings is 1. The van der Waals surface area contributed by atoms with Crippen LogP contribution in [0.2, 0.25) is 0 Å². The SMILES string of the molecule is COc1cc(F)c(C2CCN(C(=O)C(C)(C)O)CC2)cc1C(C)C. The number of hydrogen-bond donors (Lipinski definition) is 1. The third-order valence-electron chi connectivity index (χ3n) is 4.72. The van der Waals surface area contributed by atoms with Crippen molar-refractivity contribution in [2.75, 3.05) is 20.2 Å². The molecule has 0 bridgehead atoms. The average molecular weight is 337 g/mol. The lowest BCUT2D eigenvalue weighted by molar-refractivity contribution is -0.148. The van der Waals surface area contributed by atoms with E-state index >= 15 is 0 Å². The zero-order valence-corrected chi connectivity index (χ0v) is 15.2. The van der Waals surface area contributed by atoms with Crippen LogP contribution in [0.4, 0.5) is 4.39 Å². The van der Waals surface area contributed by atoms with E-state index in [1.54, 1.807) is 12.0 Å². The Hall–Kier alpha value is -1.62. The van der Waals surface area contributed by atoms with Crippen molar-refractivity contribution in [2.45, 2.75) is 58.0 Å². The maximum Gasteiger partial charge on any atom is 0.253 e. The minimum Gasteiger partial charge on any atom is -0.496 e. The number of likely N-dealkylation sites (tertiary alicyclic amines) is 1. The van der Waals surface area contributed by atoms with Crippen LogP contribution < -0.4 is 4.74 Å². The lowest BCUT2D eigenvalue weighted by Gasteiger charge is -2.35. The summed E-state index contributed by atoms with van der Waals surface area (Å²) in [7, 11) is 1.56. The molecule has 0 aliphatic carbocycles. The van der Waals surface area contributed by atoms with Crippen LogP contribution in [0.3, 0.4) is 0 Å². The molecule has 1 saturated heterocycles. The second kappa shape index (κ2) is 7.09. The lowest BCUT2D eigenvalue weighted by atomic mass is 9.86. The van der Waals surface area contributed by atoms with E-state index in [1.807, 2.05) is 6.07 Å². The maximum absolute atomic E-state index is 14.5. The monoisotopic (exact) mass is 337 g/mol. The number of carbonyl (C=O) groups excluding carboxylic acids is 1. The van der Waals surface area contributed by atoms with Crippen LogP contribution in [0.15, 0.2) is 12.1 Å². The van der Waals surface area contributed by atoms with Crippen LogP contribution in [0, 0.1) is 5.82 Å². The summed E-state index contributed by atoms with van der Waals surface area (Å²) in [5, 5.41) is 9.86. The number of carbonyl (C=O) groups is 1. The van der Waals surface area contributed by atoms with Gasteiger partial charge >= 0.3 is 0 Å². The van der Waals surface area contributed by atoms with E-state index in [-0.39, 0.29) is 23.6 Å². The molecule has 1 aliphatic heterocycles. The Balaban J connectivity index is 2.17. The fourth-order valence-corrected chi connectivity index (χ4v) is 3.31. The quantitative estimate of drug-likeness (QED) is 0.916. The minimum absolute atomic E-state index is 0.0826. The molecular weight excluding hydrogens is 309 g/mol. The molecule has 1 heterocycles. The topological polar surface area (TPSA) is 49.8 Å². The van der Waals surface area contributed by atoms with Gasteiger partial charge in [0.2, 0.25) is 0 Å². The number of benzene rings is 1. The molecule has 0 atom stereocenters. The van der Waals surface area contributed by atoms with Gasteiger partial charge in [0, 0.05) is 19.2 Å². The highest BCUT2D eigenvalue weighted by molar-refractivity contribution is 5.84. The van der Waals surface area contributed by atoms with E-state index in [9.17, 15) is 14.3 Å². The van der Waals surface area contributed by atoms with E-state index in [2.05, 4.69) is 13.8 Å². The molecule has 1 aromatic carbocycles. The van der Waals surface area contributed by atoms with Crippen molar-refractivity contribution in [1.29, 1.82) is 0 Å². The molecule has 0 radical (unpaired) electrons. The highest BCUT2D eigenvalue weighted by atomic mass is 19.1. The summed E-state index contributed by atoms with van der Waals surface area (Å²) in [5.74, 6) is 0.402. The second-order valence-corrected chi connectivity index (χ2v) is 7.40. The molecule has 1 aliphatic rings. The van der Waals surface area contributed by atoms with Crippen molar-refractivity contribution in [3.8, 4) is 5.75 Å². The van der Waals surface area contributed by atoms with Crippen molar-refractivity contribution in [3.05, 3.63) is 29.1 Å². The number of halogens is 1. The number of amides is 1. The molecule has 24 heavy (non-hydrogen) atoms. The number of nitrogens with zero attached hydrogens (tertiary/aromatic N) is 1. The van der Waals surface area contributed by atoms with Gasteiger partial charge in [0.1, 0.15) is 17.2 Å². The first-order chi connectivity index (χ1) is 11.1. The van der Waals surface area contributed by atoms with Crippen molar-refractivity contribution in [2.24, 2.45) is 0 Å². The molecule has 5 heteroatoms. The third kappa shape index (κ3) is 3.89. The molecule has 2 rings (SSSR count). The first-order valence-electron chi connectivity index (χ1n) is 8.54.